The second-order valence-electron chi connectivity index (χ2n) is 5.67. The van der Waals surface area contributed by atoms with Crippen LogP contribution in [0, 0.1) is 6.92 Å². The number of nitrogens with zero attached hydrogens (tertiary/aromatic N) is 2. The zero-order valence-electron chi connectivity index (χ0n) is 14.2. The summed E-state index contributed by atoms with van der Waals surface area (Å²) < 4.78 is 28.4. The molecule has 1 amide bonds. The second kappa shape index (κ2) is 7.89. The van der Waals surface area contributed by atoms with Crippen LogP contribution >= 0.6 is 27.3 Å². The largest absolute Gasteiger partial charge is 0.383 e. The summed E-state index contributed by atoms with van der Waals surface area (Å²) in [4.78, 5) is 20.1. The van der Waals surface area contributed by atoms with Gasteiger partial charge in [0.05, 0.1) is 10.2 Å². The Kier molecular flexibility index (Phi) is 5.75. The molecule has 0 unspecified atom stereocenters. The Balaban J connectivity index is 1.60. The van der Waals surface area contributed by atoms with Crippen LogP contribution in [0.2, 0.25) is 0 Å². The summed E-state index contributed by atoms with van der Waals surface area (Å²) in [5.74, 6) is -0.449. The van der Waals surface area contributed by atoms with Crippen LogP contribution in [0.15, 0.2) is 39.8 Å². The number of aromatic nitrogens is 2. The third kappa shape index (κ3) is 4.61. The van der Waals surface area contributed by atoms with Gasteiger partial charge in [-0.1, -0.05) is 23.5 Å². The van der Waals surface area contributed by atoms with E-state index in [9.17, 15) is 13.2 Å². The van der Waals surface area contributed by atoms with Crippen LogP contribution in [-0.2, 0) is 14.8 Å². The number of rotatable bonds is 6. The zero-order valence-corrected chi connectivity index (χ0v) is 17.4. The van der Waals surface area contributed by atoms with Gasteiger partial charge < -0.3 is 11.1 Å². The van der Waals surface area contributed by atoms with Gasteiger partial charge in [0.1, 0.15) is 10.7 Å². The minimum absolute atomic E-state index is 0.0462. The van der Waals surface area contributed by atoms with Gasteiger partial charge in [-0.15, -0.1) is 0 Å². The molecule has 2 heterocycles. The van der Waals surface area contributed by atoms with E-state index in [1.165, 1.54) is 23.6 Å². The molecule has 0 radical (unpaired) electrons. The van der Waals surface area contributed by atoms with Crippen molar-refractivity contribution >= 4 is 64.4 Å². The van der Waals surface area contributed by atoms with E-state index in [-0.39, 0.29) is 29.6 Å². The number of carbonyl (C=O) groups is 1. The smallest absolute Gasteiger partial charge is 0.244 e. The average Bonchev–Trinajstić information content (AvgIpc) is 3.00. The van der Waals surface area contributed by atoms with Crippen LogP contribution in [0.4, 0.5) is 10.9 Å². The number of pyridine rings is 1. The monoisotopic (exact) mass is 469 g/mol. The van der Waals surface area contributed by atoms with E-state index in [0.717, 1.165) is 15.8 Å². The molecule has 142 valence electrons. The van der Waals surface area contributed by atoms with Crippen molar-refractivity contribution in [3.8, 4) is 0 Å². The van der Waals surface area contributed by atoms with E-state index in [1.54, 1.807) is 0 Å². The van der Waals surface area contributed by atoms with Gasteiger partial charge in [0.25, 0.3) is 0 Å². The molecule has 3 rings (SSSR count). The number of aryl methyl sites for hydroxylation is 1. The molecular formula is C16H16BrN5O3S2. The minimum Gasteiger partial charge on any atom is -0.383 e. The summed E-state index contributed by atoms with van der Waals surface area (Å²) in [6, 6.07) is 7.16. The maximum Gasteiger partial charge on any atom is 0.244 e. The maximum absolute atomic E-state index is 12.3. The van der Waals surface area contributed by atoms with Crippen molar-refractivity contribution in [1.29, 1.82) is 0 Å². The van der Waals surface area contributed by atoms with Crippen molar-refractivity contribution in [3.05, 3.63) is 40.5 Å². The molecule has 27 heavy (non-hydrogen) atoms. The predicted octanol–water partition coefficient (Wildman–Crippen LogP) is 2.65. The number of benzene rings is 1. The lowest BCUT2D eigenvalue weighted by Gasteiger charge is -2.08. The Hall–Kier alpha value is -2.08. The number of hydrogen-bond acceptors (Lipinski definition) is 7. The number of nitrogens with two attached hydrogens (primary N) is 1. The van der Waals surface area contributed by atoms with Gasteiger partial charge in [-0.25, -0.2) is 23.1 Å². The highest BCUT2D eigenvalue weighted by molar-refractivity contribution is 9.10. The number of carbonyl (C=O) groups excluding carboxylic acids is 1. The molecule has 0 aliphatic carbocycles. The first-order chi connectivity index (χ1) is 12.8. The SMILES string of the molecule is Cc1cccc2sc(NC(=O)CCNS(=O)(=O)c3cc(Br)cnc3N)nc12. The van der Waals surface area contributed by atoms with Crippen molar-refractivity contribution in [2.75, 3.05) is 17.6 Å². The lowest BCUT2D eigenvalue weighted by atomic mass is 10.2. The second-order valence-corrected chi connectivity index (χ2v) is 9.36. The fourth-order valence-electron chi connectivity index (χ4n) is 2.34. The lowest BCUT2D eigenvalue weighted by molar-refractivity contribution is -0.116. The Morgan fingerprint density at radius 1 is 1.37 bits per heavy atom. The highest BCUT2D eigenvalue weighted by Gasteiger charge is 2.19. The first-order valence-corrected chi connectivity index (χ1v) is 10.9. The van der Waals surface area contributed by atoms with Crippen LogP contribution in [0.25, 0.3) is 10.2 Å². The molecule has 8 nitrogen and oxygen atoms in total. The number of hydrogen-bond donors (Lipinski definition) is 3. The molecule has 4 N–H and O–H groups in total. The number of sulfonamides is 1. The van der Waals surface area contributed by atoms with Gasteiger partial charge in [-0.05, 0) is 40.5 Å². The fourth-order valence-corrected chi connectivity index (χ4v) is 4.92. The maximum atomic E-state index is 12.3. The van der Waals surface area contributed by atoms with E-state index < -0.39 is 10.0 Å². The third-order valence-electron chi connectivity index (χ3n) is 3.65. The molecule has 0 aliphatic heterocycles. The van der Waals surface area contributed by atoms with E-state index in [2.05, 4.69) is 35.9 Å². The average molecular weight is 470 g/mol. The van der Waals surface area contributed by atoms with Crippen molar-refractivity contribution < 1.29 is 13.2 Å². The van der Waals surface area contributed by atoms with Gasteiger partial charge in [-0.2, -0.15) is 0 Å². The van der Waals surface area contributed by atoms with E-state index in [1.807, 2.05) is 25.1 Å². The van der Waals surface area contributed by atoms with E-state index >= 15 is 0 Å². The molecule has 0 aliphatic rings. The molecule has 0 atom stereocenters. The molecule has 2 aromatic heterocycles. The van der Waals surface area contributed by atoms with Gasteiger partial charge in [0.2, 0.25) is 15.9 Å². The summed E-state index contributed by atoms with van der Waals surface area (Å²) in [6.07, 6.45) is 1.36. The van der Waals surface area contributed by atoms with Crippen molar-refractivity contribution in [2.45, 2.75) is 18.2 Å². The number of fused-ring (bicyclic) bond motifs is 1. The summed E-state index contributed by atoms with van der Waals surface area (Å²) in [6.45, 7) is 1.87. The Morgan fingerprint density at radius 2 is 2.15 bits per heavy atom. The van der Waals surface area contributed by atoms with Crippen molar-refractivity contribution in [2.24, 2.45) is 0 Å². The van der Waals surface area contributed by atoms with Gasteiger partial charge in [0.15, 0.2) is 5.13 Å². The predicted molar refractivity (Wildman–Crippen MR) is 109 cm³/mol. The van der Waals surface area contributed by atoms with Crippen LogP contribution in [0.5, 0.6) is 0 Å². The Bertz CT molecular complexity index is 1110. The highest BCUT2D eigenvalue weighted by atomic mass is 79.9. The standard InChI is InChI=1S/C16H16BrN5O3S2/c1-9-3-2-4-11-14(9)22-16(26-11)21-13(23)5-6-20-27(24,25)12-7-10(17)8-19-15(12)18/h2-4,7-8,20H,5-6H2,1H3,(H2,18,19)(H,21,22,23). The highest BCUT2D eigenvalue weighted by Crippen LogP contribution is 2.27. The number of nitrogen functional groups attached to an aromatic ring is 1. The van der Waals surface area contributed by atoms with Gasteiger partial charge in [-0.3, -0.25) is 4.79 Å². The third-order valence-corrected chi connectivity index (χ3v) is 6.51. The molecule has 0 saturated carbocycles. The summed E-state index contributed by atoms with van der Waals surface area (Å²) in [5.41, 5.74) is 7.49. The first-order valence-electron chi connectivity index (χ1n) is 7.83. The number of amides is 1. The number of nitrogens with one attached hydrogen (secondary N) is 2. The zero-order chi connectivity index (χ0) is 19.6. The van der Waals surface area contributed by atoms with Gasteiger partial charge in [0, 0.05) is 23.6 Å². The molecular weight excluding hydrogens is 454 g/mol. The normalized spacial score (nSPS) is 11.6. The minimum atomic E-state index is -3.87. The molecule has 0 fully saturated rings. The van der Waals surface area contributed by atoms with Crippen LogP contribution in [0.3, 0.4) is 0 Å². The number of halogens is 1. The fraction of sp³-hybridized carbons (Fsp3) is 0.188. The molecule has 0 spiro atoms. The topological polar surface area (TPSA) is 127 Å². The van der Waals surface area contributed by atoms with E-state index in [0.29, 0.717) is 9.60 Å². The summed E-state index contributed by atoms with van der Waals surface area (Å²) in [5, 5.41) is 3.17. The summed E-state index contributed by atoms with van der Waals surface area (Å²) in [7, 11) is -3.87. The number of thiazole rings is 1. The van der Waals surface area contributed by atoms with Crippen molar-refractivity contribution in [3.63, 3.8) is 0 Å². The van der Waals surface area contributed by atoms with Crippen LogP contribution < -0.4 is 15.8 Å². The Labute approximate surface area is 168 Å². The number of anilines is 2. The molecule has 11 heteroatoms. The quantitative estimate of drug-likeness (QED) is 0.509. The number of para-hydroxylation sites is 1. The first kappa shape index (κ1) is 19.7. The van der Waals surface area contributed by atoms with Crippen molar-refractivity contribution in [1.82, 2.24) is 14.7 Å². The molecule has 0 saturated heterocycles. The van der Waals surface area contributed by atoms with Crippen LogP contribution in [0.1, 0.15) is 12.0 Å². The lowest BCUT2D eigenvalue weighted by Crippen LogP contribution is -2.28. The molecule has 1 aromatic carbocycles. The Morgan fingerprint density at radius 3 is 2.89 bits per heavy atom. The summed E-state index contributed by atoms with van der Waals surface area (Å²) >= 11 is 4.52. The van der Waals surface area contributed by atoms with Crippen LogP contribution in [-0.4, -0.2) is 30.8 Å². The van der Waals surface area contributed by atoms with E-state index in [4.69, 9.17) is 5.73 Å². The molecule has 3 aromatic rings. The van der Waals surface area contributed by atoms with Gasteiger partial charge >= 0.3 is 0 Å². The molecule has 0 bridgehead atoms.